The summed E-state index contributed by atoms with van der Waals surface area (Å²) in [6, 6.07) is 6.13. The van der Waals surface area contributed by atoms with Gasteiger partial charge in [-0.2, -0.15) is 0 Å². The van der Waals surface area contributed by atoms with E-state index in [9.17, 15) is 9.90 Å². The maximum atomic E-state index is 11.3. The van der Waals surface area contributed by atoms with Crippen LogP contribution in [0.5, 0.6) is 0 Å². The van der Waals surface area contributed by atoms with Gasteiger partial charge in [0.15, 0.2) is 0 Å². The number of rotatable bonds is 5. The first-order chi connectivity index (χ1) is 9.13. The molecule has 1 aromatic carbocycles. The summed E-state index contributed by atoms with van der Waals surface area (Å²) < 4.78 is 0. The van der Waals surface area contributed by atoms with Crippen LogP contribution in [0.4, 0.5) is 11.4 Å². The van der Waals surface area contributed by atoms with Crippen molar-refractivity contribution < 1.29 is 9.90 Å². The number of amides is 1. The molecule has 1 aliphatic heterocycles. The number of aliphatic hydroxyl groups is 1. The third-order valence-electron chi connectivity index (χ3n) is 3.79. The highest BCUT2D eigenvalue weighted by atomic mass is 16.3. The van der Waals surface area contributed by atoms with Crippen LogP contribution < -0.4 is 10.2 Å². The van der Waals surface area contributed by atoms with E-state index in [0.29, 0.717) is 12.3 Å². The third-order valence-corrected chi connectivity index (χ3v) is 3.79. The van der Waals surface area contributed by atoms with Gasteiger partial charge in [-0.05, 0) is 42.5 Å². The first-order valence-electron chi connectivity index (χ1n) is 6.88. The van der Waals surface area contributed by atoms with E-state index in [0.717, 1.165) is 30.8 Å². The SMILES string of the molecule is CCC(CO)CN(C)c1ccc2c(c1)CCC(=O)N2. The molecule has 1 amide bonds. The highest BCUT2D eigenvalue weighted by Crippen LogP contribution is 2.27. The van der Waals surface area contributed by atoms with E-state index in [1.165, 1.54) is 5.56 Å². The van der Waals surface area contributed by atoms with Crippen LogP contribution in [0.25, 0.3) is 0 Å². The highest BCUT2D eigenvalue weighted by molar-refractivity contribution is 5.94. The number of nitrogens with one attached hydrogen (secondary N) is 1. The summed E-state index contributed by atoms with van der Waals surface area (Å²) in [7, 11) is 2.04. The molecule has 0 spiro atoms. The van der Waals surface area contributed by atoms with Gasteiger partial charge >= 0.3 is 0 Å². The van der Waals surface area contributed by atoms with Crippen molar-refractivity contribution >= 4 is 17.3 Å². The van der Waals surface area contributed by atoms with Crippen molar-refractivity contribution in [2.75, 3.05) is 30.4 Å². The van der Waals surface area contributed by atoms with Crippen LogP contribution >= 0.6 is 0 Å². The van der Waals surface area contributed by atoms with Crippen LogP contribution in [0, 0.1) is 5.92 Å². The summed E-state index contributed by atoms with van der Waals surface area (Å²) in [4.78, 5) is 13.5. The molecule has 1 unspecified atom stereocenters. The summed E-state index contributed by atoms with van der Waals surface area (Å²) in [5, 5.41) is 12.2. The second kappa shape index (κ2) is 6.06. The van der Waals surface area contributed by atoms with Gasteiger partial charge in [0.1, 0.15) is 0 Å². The molecule has 19 heavy (non-hydrogen) atoms. The Morgan fingerprint density at radius 1 is 1.42 bits per heavy atom. The number of carbonyl (C=O) groups excluding carboxylic acids is 1. The summed E-state index contributed by atoms with van der Waals surface area (Å²) in [6.07, 6.45) is 2.34. The molecule has 104 valence electrons. The van der Waals surface area contributed by atoms with E-state index in [1.54, 1.807) is 0 Å². The Bertz CT molecular complexity index is 455. The van der Waals surface area contributed by atoms with Crippen LogP contribution in [0.3, 0.4) is 0 Å². The topological polar surface area (TPSA) is 52.6 Å². The Hall–Kier alpha value is -1.55. The monoisotopic (exact) mass is 262 g/mol. The molecule has 0 aromatic heterocycles. The molecule has 0 bridgehead atoms. The maximum Gasteiger partial charge on any atom is 0.224 e. The molecule has 2 rings (SSSR count). The molecule has 0 radical (unpaired) electrons. The van der Waals surface area contributed by atoms with Crippen molar-refractivity contribution in [3.63, 3.8) is 0 Å². The number of hydrogen-bond donors (Lipinski definition) is 2. The fourth-order valence-corrected chi connectivity index (χ4v) is 2.42. The van der Waals surface area contributed by atoms with Gasteiger partial charge in [0.05, 0.1) is 0 Å². The Morgan fingerprint density at radius 2 is 2.21 bits per heavy atom. The van der Waals surface area contributed by atoms with Crippen LogP contribution in [0.15, 0.2) is 18.2 Å². The number of benzene rings is 1. The van der Waals surface area contributed by atoms with Crippen molar-refractivity contribution in [3.05, 3.63) is 23.8 Å². The second-order valence-electron chi connectivity index (χ2n) is 5.23. The predicted octanol–water partition coefficient (Wildman–Crippen LogP) is 2.03. The largest absolute Gasteiger partial charge is 0.396 e. The fourth-order valence-electron chi connectivity index (χ4n) is 2.42. The van der Waals surface area contributed by atoms with Crippen LogP contribution in [-0.4, -0.2) is 31.2 Å². The molecule has 0 saturated heterocycles. The van der Waals surface area contributed by atoms with Crippen molar-refractivity contribution in [1.29, 1.82) is 0 Å². The van der Waals surface area contributed by atoms with E-state index < -0.39 is 0 Å². The van der Waals surface area contributed by atoms with E-state index in [-0.39, 0.29) is 12.5 Å². The van der Waals surface area contributed by atoms with E-state index in [4.69, 9.17) is 0 Å². The number of fused-ring (bicyclic) bond motifs is 1. The maximum absolute atomic E-state index is 11.3. The number of aryl methyl sites for hydroxylation is 1. The van der Waals surface area contributed by atoms with E-state index in [1.807, 2.05) is 19.2 Å². The quantitative estimate of drug-likeness (QED) is 0.853. The number of carbonyl (C=O) groups is 1. The fraction of sp³-hybridized carbons (Fsp3) is 0.533. The van der Waals surface area contributed by atoms with Crippen molar-refractivity contribution in [2.45, 2.75) is 26.2 Å². The lowest BCUT2D eigenvalue weighted by Crippen LogP contribution is -2.27. The first kappa shape index (κ1) is 13.9. The van der Waals surface area contributed by atoms with Gasteiger partial charge in [-0.3, -0.25) is 4.79 Å². The molecule has 1 heterocycles. The van der Waals surface area contributed by atoms with Gasteiger partial charge in [-0.1, -0.05) is 6.92 Å². The van der Waals surface area contributed by atoms with E-state index in [2.05, 4.69) is 23.2 Å². The minimum absolute atomic E-state index is 0.0972. The lowest BCUT2D eigenvalue weighted by atomic mass is 10.0. The van der Waals surface area contributed by atoms with Crippen molar-refractivity contribution in [1.82, 2.24) is 0 Å². The standard InChI is InChI=1S/C15H22N2O2/c1-3-11(10-18)9-17(2)13-5-6-14-12(8-13)4-7-15(19)16-14/h5-6,8,11,18H,3-4,7,9-10H2,1-2H3,(H,16,19). The average Bonchev–Trinajstić information content (AvgIpc) is 2.43. The lowest BCUT2D eigenvalue weighted by Gasteiger charge is -2.26. The number of hydrogen-bond acceptors (Lipinski definition) is 3. The normalized spacial score (nSPS) is 15.6. The molecule has 1 atom stereocenters. The van der Waals surface area contributed by atoms with Gasteiger partial charge < -0.3 is 15.3 Å². The predicted molar refractivity (Wildman–Crippen MR) is 77.5 cm³/mol. The Kier molecular flexibility index (Phi) is 4.43. The summed E-state index contributed by atoms with van der Waals surface area (Å²) in [6.45, 7) is 3.16. The van der Waals surface area contributed by atoms with Gasteiger partial charge in [0.25, 0.3) is 0 Å². The first-order valence-corrected chi connectivity index (χ1v) is 6.88. The Morgan fingerprint density at radius 3 is 2.89 bits per heavy atom. The molecule has 0 fully saturated rings. The van der Waals surface area contributed by atoms with Gasteiger partial charge in [-0.25, -0.2) is 0 Å². The minimum atomic E-state index is 0.0972. The van der Waals surface area contributed by atoms with Gasteiger partial charge in [-0.15, -0.1) is 0 Å². The van der Waals surface area contributed by atoms with Crippen molar-refractivity contribution in [3.8, 4) is 0 Å². The summed E-state index contributed by atoms with van der Waals surface area (Å²) in [5.74, 6) is 0.403. The molecule has 0 aliphatic carbocycles. The van der Waals surface area contributed by atoms with Crippen LogP contribution in [0.1, 0.15) is 25.3 Å². The number of anilines is 2. The number of nitrogens with zero attached hydrogens (tertiary/aromatic N) is 1. The molecule has 2 N–H and O–H groups in total. The molecule has 4 nitrogen and oxygen atoms in total. The highest BCUT2D eigenvalue weighted by Gasteiger charge is 2.16. The Balaban J connectivity index is 2.11. The summed E-state index contributed by atoms with van der Waals surface area (Å²) in [5.41, 5.74) is 3.27. The molecular weight excluding hydrogens is 240 g/mol. The molecule has 0 saturated carbocycles. The zero-order valence-corrected chi connectivity index (χ0v) is 11.6. The van der Waals surface area contributed by atoms with Gasteiger partial charge in [0, 0.05) is 38.0 Å². The Labute approximate surface area is 114 Å². The average molecular weight is 262 g/mol. The molecule has 1 aromatic rings. The molecule has 1 aliphatic rings. The zero-order chi connectivity index (χ0) is 13.8. The summed E-state index contributed by atoms with van der Waals surface area (Å²) >= 11 is 0. The second-order valence-corrected chi connectivity index (χ2v) is 5.23. The van der Waals surface area contributed by atoms with Crippen LogP contribution in [0.2, 0.25) is 0 Å². The smallest absolute Gasteiger partial charge is 0.224 e. The van der Waals surface area contributed by atoms with Gasteiger partial charge in [0.2, 0.25) is 5.91 Å². The lowest BCUT2D eigenvalue weighted by molar-refractivity contribution is -0.116. The molecular formula is C15H22N2O2. The zero-order valence-electron chi connectivity index (χ0n) is 11.6. The van der Waals surface area contributed by atoms with Crippen molar-refractivity contribution in [2.24, 2.45) is 5.92 Å². The minimum Gasteiger partial charge on any atom is -0.396 e. The number of aliphatic hydroxyl groups excluding tert-OH is 1. The van der Waals surface area contributed by atoms with Crippen LogP contribution in [-0.2, 0) is 11.2 Å². The van der Waals surface area contributed by atoms with E-state index >= 15 is 0 Å². The third kappa shape index (κ3) is 3.26. The molecule has 4 heteroatoms.